The molecular weight excluding hydrogens is 482 g/mol. The lowest BCUT2D eigenvalue weighted by Crippen LogP contribution is -2.54. The molecule has 5 N–H and O–H groups in total. The zero-order valence-electron chi connectivity index (χ0n) is 21.4. The van der Waals surface area contributed by atoms with Crippen LogP contribution in [0.2, 0.25) is 0 Å². The molecule has 1 aliphatic heterocycles. The summed E-state index contributed by atoms with van der Waals surface area (Å²) in [4.78, 5) is 29.9. The summed E-state index contributed by atoms with van der Waals surface area (Å²) in [6.07, 6.45) is 7.55. The number of amidine groups is 1. The lowest BCUT2D eigenvalue weighted by molar-refractivity contribution is -0.130. The Bertz CT molecular complexity index is 1100. The van der Waals surface area contributed by atoms with Crippen LogP contribution in [0.1, 0.15) is 76.8 Å². The van der Waals surface area contributed by atoms with Gasteiger partial charge in [0.15, 0.2) is 0 Å². The van der Waals surface area contributed by atoms with Crippen molar-refractivity contribution in [3.8, 4) is 5.75 Å². The molecule has 36 heavy (non-hydrogen) atoms. The van der Waals surface area contributed by atoms with Gasteiger partial charge in [-0.3, -0.25) is 9.69 Å². The van der Waals surface area contributed by atoms with Gasteiger partial charge in [0.2, 0.25) is 5.91 Å². The maximum Gasteiger partial charge on any atom is 0.327 e. The van der Waals surface area contributed by atoms with Crippen molar-refractivity contribution in [1.29, 1.82) is 0 Å². The average molecular weight is 522 g/mol. The highest BCUT2D eigenvalue weighted by atomic mass is 32.2. The first-order chi connectivity index (χ1) is 16.9. The van der Waals surface area contributed by atoms with Crippen molar-refractivity contribution >= 4 is 27.8 Å². The minimum absolute atomic E-state index is 0.0140. The molecule has 1 saturated heterocycles. The largest absolute Gasteiger partial charge is 0.507 e. The average Bonchev–Trinajstić information content (AvgIpc) is 3.23. The SMILES string of the molecule is CCS(=O)(=O)N=C(N)c1ccc(CN(C(=O)[C@H](C)N)C(=O)N2C(C3CCCCC3)CC[C@H]2C)cc1O. The Labute approximate surface area is 213 Å². The van der Waals surface area contributed by atoms with Crippen molar-refractivity contribution in [2.45, 2.75) is 90.4 Å². The fraction of sp³-hybridized carbons (Fsp3) is 0.640. The van der Waals surface area contributed by atoms with Crippen LogP contribution >= 0.6 is 0 Å². The first-order valence-corrected chi connectivity index (χ1v) is 14.4. The van der Waals surface area contributed by atoms with Crippen LogP contribution < -0.4 is 11.5 Å². The molecule has 0 aromatic heterocycles. The number of aromatic hydroxyl groups is 1. The fourth-order valence-corrected chi connectivity index (χ4v) is 5.82. The number of amides is 3. The summed E-state index contributed by atoms with van der Waals surface area (Å²) >= 11 is 0. The standard InChI is InChI=1S/C25H39N5O5S/c1-4-36(34,35)28-23(27)20-12-11-18(14-22(20)31)15-29(24(32)17(3)26)25(33)30-16(2)10-13-21(30)19-8-6-5-7-9-19/h11-12,14,16-17,19,21,31H,4-10,13,15,26H2,1-3H3,(H2,27,28)/t16-,17+,21?/m1/s1. The zero-order valence-corrected chi connectivity index (χ0v) is 22.2. The second kappa shape index (κ2) is 11.6. The molecule has 0 radical (unpaired) electrons. The monoisotopic (exact) mass is 521 g/mol. The molecule has 1 aromatic carbocycles. The Morgan fingerprint density at radius 1 is 1.19 bits per heavy atom. The Hall–Kier alpha value is -2.66. The van der Waals surface area contributed by atoms with Gasteiger partial charge >= 0.3 is 6.03 Å². The second-order valence-electron chi connectivity index (χ2n) is 9.99. The van der Waals surface area contributed by atoms with Crippen molar-refractivity contribution in [1.82, 2.24) is 9.80 Å². The number of nitrogens with zero attached hydrogens (tertiary/aromatic N) is 3. The second-order valence-corrected chi connectivity index (χ2v) is 11.9. The number of benzene rings is 1. The van der Waals surface area contributed by atoms with Gasteiger partial charge < -0.3 is 21.5 Å². The van der Waals surface area contributed by atoms with E-state index in [1.807, 2.05) is 11.8 Å². The Morgan fingerprint density at radius 2 is 1.86 bits per heavy atom. The van der Waals surface area contributed by atoms with E-state index in [0.717, 1.165) is 43.4 Å². The van der Waals surface area contributed by atoms with Crippen molar-refractivity contribution in [2.24, 2.45) is 21.8 Å². The number of nitrogens with two attached hydrogens (primary N) is 2. The zero-order chi connectivity index (χ0) is 26.6. The summed E-state index contributed by atoms with van der Waals surface area (Å²) in [5.74, 6) is -0.915. The normalized spacial score (nSPS) is 22.4. The van der Waals surface area contributed by atoms with E-state index >= 15 is 0 Å². The highest BCUT2D eigenvalue weighted by Crippen LogP contribution is 2.37. The molecule has 11 heteroatoms. The van der Waals surface area contributed by atoms with Crippen LogP contribution in [-0.2, 0) is 21.4 Å². The maximum absolute atomic E-state index is 13.8. The van der Waals surface area contributed by atoms with Crippen LogP contribution in [0.3, 0.4) is 0 Å². The molecule has 1 heterocycles. The molecule has 3 atom stereocenters. The van der Waals surface area contributed by atoms with E-state index in [9.17, 15) is 23.1 Å². The van der Waals surface area contributed by atoms with Gasteiger partial charge in [0.1, 0.15) is 11.6 Å². The van der Waals surface area contributed by atoms with Gasteiger partial charge in [0.05, 0.1) is 23.9 Å². The van der Waals surface area contributed by atoms with Gasteiger partial charge in [-0.15, -0.1) is 4.40 Å². The number of rotatable bonds is 7. The number of imide groups is 1. The van der Waals surface area contributed by atoms with Gasteiger partial charge in [-0.1, -0.05) is 25.3 Å². The van der Waals surface area contributed by atoms with Gasteiger partial charge in [0.25, 0.3) is 10.0 Å². The van der Waals surface area contributed by atoms with Crippen LogP contribution in [0.15, 0.2) is 22.6 Å². The number of hydrogen-bond donors (Lipinski definition) is 3. The number of carbonyl (C=O) groups is 2. The highest BCUT2D eigenvalue weighted by molar-refractivity contribution is 7.90. The Balaban J connectivity index is 1.88. The number of carbonyl (C=O) groups excluding carboxylic acids is 2. The van der Waals surface area contributed by atoms with Crippen LogP contribution in [0, 0.1) is 5.92 Å². The highest BCUT2D eigenvalue weighted by Gasteiger charge is 2.42. The molecule has 1 saturated carbocycles. The third kappa shape index (κ3) is 6.36. The molecule has 0 bridgehead atoms. The van der Waals surface area contributed by atoms with E-state index in [1.54, 1.807) is 13.0 Å². The summed E-state index contributed by atoms with van der Waals surface area (Å²) in [6.45, 7) is 4.91. The van der Waals surface area contributed by atoms with Gasteiger partial charge in [-0.2, -0.15) is 0 Å². The molecule has 3 amide bonds. The van der Waals surface area contributed by atoms with E-state index in [4.69, 9.17) is 11.5 Å². The van der Waals surface area contributed by atoms with Crippen molar-refractivity contribution in [2.75, 3.05) is 5.75 Å². The molecule has 1 aliphatic carbocycles. The molecule has 1 unspecified atom stereocenters. The summed E-state index contributed by atoms with van der Waals surface area (Å²) in [7, 11) is -3.74. The number of urea groups is 1. The van der Waals surface area contributed by atoms with Crippen molar-refractivity contribution in [3.05, 3.63) is 29.3 Å². The number of phenols is 1. The van der Waals surface area contributed by atoms with Gasteiger partial charge in [-0.25, -0.2) is 13.2 Å². The molecule has 200 valence electrons. The quantitative estimate of drug-likeness (QED) is 0.367. The summed E-state index contributed by atoms with van der Waals surface area (Å²) in [6, 6.07) is 3.24. The Morgan fingerprint density at radius 3 is 2.44 bits per heavy atom. The van der Waals surface area contributed by atoms with E-state index in [1.165, 1.54) is 25.5 Å². The lowest BCUT2D eigenvalue weighted by atomic mass is 9.83. The molecule has 2 aliphatic rings. The predicted molar refractivity (Wildman–Crippen MR) is 139 cm³/mol. The van der Waals surface area contributed by atoms with Crippen molar-refractivity contribution in [3.63, 3.8) is 0 Å². The van der Waals surface area contributed by atoms with Crippen LogP contribution in [0.5, 0.6) is 5.75 Å². The number of sulfonamides is 1. The summed E-state index contributed by atoms with van der Waals surface area (Å²) in [5.41, 5.74) is 12.2. The first kappa shape index (κ1) is 27.9. The lowest BCUT2D eigenvalue weighted by Gasteiger charge is -2.38. The third-order valence-corrected chi connectivity index (χ3v) is 8.50. The smallest absolute Gasteiger partial charge is 0.327 e. The van der Waals surface area contributed by atoms with Gasteiger partial charge in [0, 0.05) is 12.1 Å². The predicted octanol–water partition coefficient (Wildman–Crippen LogP) is 2.68. The topological polar surface area (TPSA) is 159 Å². The molecule has 0 spiro atoms. The van der Waals surface area contributed by atoms with E-state index in [2.05, 4.69) is 4.40 Å². The first-order valence-electron chi connectivity index (χ1n) is 12.7. The molecular formula is C25H39N5O5S. The molecule has 10 nitrogen and oxygen atoms in total. The summed E-state index contributed by atoms with van der Waals surface area (Å²) < 4.78 is 27.0. The number of phenolic OH excluding ortho intramolecular Hbond substituents is 1. The van der Waals surface area contributed by atoms with Crippen LogP contribution in [-0.4, -0.2) is 65.0 Å². The van der Waals surface area contributed by atoms with Crippen LogP contribution in [0.4, 0.5) is 4.79 Å². The third-order valence-electron chi connectivity index (χ3n) is 7.29. The van der Waals surface area contributed by atoms with Crippen molar-refractivity contribution < 1.29 is 23.1 Å². The maximum atomic E-state index is 13.8. The van der Waals surface area contributed by atoms with Gasteiger partial charge in [-0.05, 0) is 70.1 Å². The molecule has 2 fully saturated rings. The molecule has 1 aromatic rings. The number of hydrogen-bond acceptors (Lipinski definition) is 6. The van der Waals surface area contributed by atoms with E-state index in [-0.39, 0.29) is 47.6 Å². The van der Waals surface area contributed by atoms with Crippen LogP contribution in [0.25, 0.3) is 0 Å². The number of likely N-dealkylation sites (tertiary alicyclic amines) is 1. The summed E-state index contributed by atoms with van der Waals surface area (Å²) in [5, 5.41) is 10.5. The van der Waals surface area contributed by atoms with E-state index < -0.39 is 22.0 Å². The van der Waals surface area contributed by atoms with E-state index in [0.29, 0.717) is 11.5 Å². The Kier molecular flexibility index (Phi) is 8.99. The molecule has 3 rings (SSSR count). The fourth-order valence-electron chi connectivity index (χ4n) is 5.29. The minimum atomic E-state index is -3.74. The minimum Gasteiger partial charge on any atom is -0.507 e.